The molecule has 234 valence electrons. The molecule has 0 bridgehead atoms. The normalized spacial score (nSPS) is 11.6. The summed E-state index contributed by atoms with van der Waals surface area (Å²) in [6.07, 6.45) is 0. The van der Waals surface area contributed by atoms with Gasteiger partial charge in [-0.1, -0.05) is 127 Å². The lowest BCUT2D eigenvalue weighted by Crippen LogP contribution is -2.03. The number of fused-ring (bicyclic) bond motifs is 6. The molecule has 7 aromatic carbocycles. The van der Waals surface area contributed by atoms with Crippen molar-refractivity contribution < 1.29 is 4.42 Å². The summed E-state index contributed by atoms with van der Waals surface area (Å²) in [5.41, 5.74) is 9.99. The Morgan fingerprint density at radius 1 is 0.360 bits per heavy atom. The first-order valence-electron chi connectivity index (χ1n) is 16.7. The molecule has 0 saturated heterocycles. The fourth-order valence-corrected chi connectivity index (χ4v) is 7.10. The van der Waals surface area contributed by atoms with Gasteiger partial charge in [0, 0.05) is 38.2 Å². The summed E-state index contributed by atoms with van der Waals surface area (Å²) < 4.78 is 8.61. The molecule has 3 heterocycles. The van der Waals surface area contributed by atoms with Gasteiger partial charge in [-0.3, -0.25) is 0 Å². The largest absolute Gasteiger partial charge is 0.456 e. The Bertz CT molecular complexity index is 2810. The van der Waals surface area contributed by atoms with E-state index in [9.17, 15) is 0 Å². The van der Waals surface area contributed by atoms with Crippen molar-refractivity contribution in [2.24, 2.45) is 0 Å². The first-order valence-corrected chi connectivity index (χ1v) is 16.7. The molecule has 0 fully saturated rings. The average Bonchev–Trinajstić information content (AvgIpc) is 3.73. The molecule has 50 heavy (non-hydrogen) atoms. The van der Waals surface area contributed by atoms with Crippen molar-refractivity contribution >= 4 is 43.7 Å². The Morgan fingerprint density at radius 3 is 1.66 bits per heavy atom. The van der Waals surface area contributed by atoms with Gasteiger partial charge in [-0.05, 0) is 53.6 Å². The fraction of sp³-hybridized carbons (Fsp3) is 0. The van der Waals surface area contributed by atoms with Crippen molar-refractivity contribution in [3.63, 3.8) is 0 Å². The summed E-state index contributed by atoms with van der Waals surface area (Å²) in [6, 6.07) is 58.6. The van der Waals surface area contributed by atoms with Crippen LogP contribution in [0.2, 0.25) is 0 Å². The minimum atomic E-state index is 0.616. The van der Waals surface area contributed by atoms with Crippen LogP contribution in [-0.4, -0.2) is 19.5 Å². The summed E-state index contributed by atoms with van der Waals surface area (Å²) in [5, 5.41) is 4.61. The maximum Gasteiger partial charge on any atom is 0.166 e. The van der Waals surface area contributed by atoms with E-state index in [1.165, 1.54) is 10.8 Å². The molecule has 0 unspecified atom stereocenters. The van der Waals surface area contributed by atoms with Crippen LogP contribution in [0.1, 0.15) is 0 Å². The Hall–Kier alpha value is -6.85. The number of hydrogen-bond donors (Lipinski definition) is 0. The lowest BCUT2D eigenvalue weighted by molar-refractivity contribution is 0.669. The maximum atomic E-state index is 6.27. The van der Waals surface area contributed by atoms with Gasteiger partial charge in [0.1, 0.15) is 11.2 Å². The molecule has 0 saturated carbocycles. The molecule has 5 nitrogen and oxygen atoms in total. The van der Waals surface area contributed by atoms with Crippen molar-refractivity contribution in [3.05, 3.63) is 170 Å². The van der Waals surface area contributed by atoms with E-state index in [-0.39, 0.29) is 0 Å². The molecule has 0 amide bonds. The minimum Gasteiger partial charge on any atom is -0.456 e. The van der Waals surface area contributed by atoms with Crippen LogP contribution in [0.25, 0.3) is 94.7 Å². The smallest absolute Gasteiger partial charge is 0.166 e. The van der Waals surface area contributed by atoms with Crippen molar-refractivity contribution in [1.29, 1.82) is 0 Å². The van der Waals surface area contributed by atoms with Gasteiger partial charge in [0.05, 0.1) is 16.7 Å². The number of hydrogen-bond acceptors (Lipinski definition) is 4. The van der Waals surface area contributed by atoms with Gasteiger partial charge < -0.3 is 8.98 Å². The lowest BCUT2D eigenvalue weighted by atomic mass is 10.0. The van der Waals surface area contributed by atoms with E-state index in [0.29, 0.717) is 17.5 Å². The highest BCUT2D eigenvalue weighted by atomic mass is 16.3. The molecule has 3 aromatic heterocycles. The van der Waals surface area contributed by atoms with Gasteiger partial charge in [0.2, 0.25) is 0 Å². The average molecular weight is 641 g/mol. The maximum absolute atomic E-state index is 6.27. The Labute approximate surface area is 287 Å². The molecular formula is C45H28N4O. The second kappa shape index (κ2) is 11.4. The fourth-order valence-electron chi connectivity index (χ4n) is 7.10. The van der Waals surface area contributed by atoms with E-state index in [0.717, 1.165) is 66.5 Å². The second-order valence-corrected chi connectivity index (χ2v) is 12.4. The van der Waals surface area contributed by atoms with E-state index in [2.05, 4.69) is 102 Å². The third kappa shape index (κ3) is 4.60. The lowest BCUT2D eigenvalue weighted by Gasteiger charge is -2.15. The van der Waals surface area contributed by atoms with Gasteiger partial charge in [-0.15, -0.1) is 0 Å². The monoisotopic (exact) mass is 640 g/mol. The Morgan fingerprint density at radius 2 is 0.900 bits per heavy atom. The highest BCUT2D eigenvalue weighted by Gasteiger charge is 2.20. The van der Waals surface area contributed by atoms with Crippen LogP contribution >= 0.6 is 0 Å². The van der Waals surface area contributed by atoms with Gasteiger partial charge in [-0.2, -0.15) is 0 Å². The Kier molecular flexibility index (Phi) is 6.42. The third-order valence-electron chi connectivity index (χ3n) is 9.47. The molecular weight excluding hydrogens is 613 g/mol. The first kappa shape index (κ1) is 28.2. The van der Waals surface area contributed by atoms with Crippen molar-refractivity contribution in [1.82, 2.24) is 19.5 Å². The molecule has 10 aromatic rings. The van der Waals surface area contributed by atoms with E-state index in [4.69, 9.17) is 19.4 Å². The van der Waals surface area contributed by atoms with Crippen LogP contribution in [0.15, 0.2) is 174 Å². The molecule has 0 aliphatic carbocycles. The van der Waals surface area contributed by atoms with Crippen LogP contribution in [0.5, 0.6) is 0 Å². The number of nitrogens with zero attached hydrogens (tertiary/aromatic N) is 4. The summed E-state index contributed by atoms with van der Waals surface area (Å²) in [7, 11) is 0. The zero-order valence-corrected chi connectivity index (χ0v) is 26.9. The molecule has 0 atom stereocenters. The molecule has 10 rings (SSSR count). The van der Waals surface area contributed by atoms with Crippen LogP contribution in [0.4, 0.5) is 0 Å². The molecule has 0 N–H and O–H groups in total. The highest BCUT2D eigenvalue weighted by Crippen LogP contribution is 2.39. The predicted octanol–water partition coefficient (Wildman–Crippen LogP) is 11.5. The number of benzene rings is 7. The molecule has 5 heteroatoms. The molecule has 0 aliphatic rings. The SMILES string of the molecule is c1ccc(-c2nc(-c3ccccc3)nc(-c3ccccc3-n3c4ccccc4c4ccc(-c5ccc6c(c5)oc5ccccc56)cc43)n2)cc1. The highest BCUT2D eigenvalue weighted by molar-refractivity contribution is 6.11. The van der Waals surface area contributed by atoms with Crippen molar-refractivity contribution in [2.75, 3.05) is 0 Å². The molecule has 0 radical (unpaired) electrons. The quantitative estimate of drug-likeness (QED) is 0.188. The third-order valence-corrected chi connectivity index (χ3v) is 9.47. The van der Waals surface area contributed by atoms with E-state index in [1.807, 2.05) is 72.8 Å². The Balaban J connectivity index is 1.20. The number of rotatable bonds is 5. The van der Waals surface area contributed by atoms with Crippen LogP contribution in [0.3, 0.4) is 0 Å². The van der Waals surface area contributed by atoms with E-state index in [1.54, 1.807) is 0 Å². The summed E-state index contributed by atoms with van der Waals surface area (Å²) in [6.45, 7) is 0. The van der Waals surface area contributed by atoms with Crippen LogP contribution in [0, 0.1) is 0 Å². The summed E-state index contributed by atoms with van der Waals surface area (Å²) >= 11 is 0. The van der Waals surface area contributed by atoms with Crippen LogP contribution in [-0.2, 0) is 0 Å². The van der Waals surface area contributed by atoms with E-state index >= 15 is 0 Å². The number of furan rings is 1. The van der Waals surface area contributed by atoms with E-state index < -0.39 is 0 Å². The predicted molar refractivity (Wildman–Crippen MR) is 203 cm³/mol. The van der Waals surface area contributed by atoms with Gasteiger partial charge in [-0.25, -0.2) is 15.0 Å². The van der Waals surface area contributed by atoms with Gasteiger partial charge in [0.25, 0.3) is 0 Å². The van der Waals surface area contributed by atoms with Crippen LogP contribution < -0.4 is 0 Å². The van der Waals surface area contributed by atoms with Gasteiger partial charge >= 0.3 is 0 Å². The van der Waals surface area contributed by atoms with Gasteiger partial charge in [0.15, 0.2) is 17.5 Å². The topological polar surface area (TPSA) is 56.7 Å². The standard InChI is InChI=1S/C45H28N4O/c1-3-13-29(14-4-1)43-46-44(30-15-5-2-6-16-30)48-45(47-43)37-19-8-11-21-39(37)49-38-20-10-7-17-33(38)34-25-23-31(27-40(34)49)32-24-26-36-35-18-9-12-22-41(35)50-42(36)28-32/h1-28H. The zero-order chi connectivity index (χ0) is 33.0. The summed E-state index contributed by atoms with van der Waals surface area (Å²) in [5.74, 6) is 1.88. The number of para-hydroxylation sites is 3. The first-order chi connectivity index (χ1) is 24.8. The number of aromatic nitrogens is 4. The second-order valence-electron chi connectivity index (χ2n) is 12.4. The zero-order valence-electron chi connectivity index (χ0n) is 26.9. The van der Waals surface area contributed by atoms with Crippen molar-refractivity contribution in [2.45, 2.75) is 0 Å². The van der Waals surface area contributed by atoms with Crippen molar-refractivity contribution in [3.8, 4) is 51.0 Å². The molecule has 0 aliphatic heterocycles. The molecule has 0 spiro atoms. The summed E-state index contributed by atoms with van der Waals surface area (Å²) in [4.78, 5) is 15.1. The minimum absolute atomic E-state index is 0.616.